The summed E-state index contributed by atoms with van der Waals surface area (Å²) >= 11 is 0. The third-order valence-electron chi connectivity index (χ3n) is 5.06. The van der Waals surface area contributed by atoms with Gasteiger partial charge in [0.15, 0.2) is 15.6 Å². The van der Waals surface area contributed by atoms with E-state index < -0.39 is 15.7 Å². The third-order valence-corrected chi connectivity index (χ3v) is 5.87. The molecule has 0 radical (unpaired) electrons. The molecule has 0 bridgehead atoms. The number of hydrogen-bond donors (Lipinski definition) is 1. The highest BCUT2D eigenvalue weighted by molar-refractivity contribution is 7.89. The SMILES string of the molecule is CC1CN(c2ccc(NC(=O)c3oc4ccccc4c3CS(C)(=O)=O)cn2)CC(C)O1. The van der Waals surface area contributed by atoms with Gasteiger partial charge in [0.25, 0.3) is 5.91 Å². The van der Waals surface area contributed by atoms with Crippen molar-refractivity contribution in [1.29, 1.82) is 0 Å². The molecule has 8 nitrogen and oxygen atoms in total. The van der Waals surface area contributed by atoms with Crippen molar-refractivity contribution < 1.29 is 22.4 Å². The van der Waals surface area contributed by atoms with E-state index in [1.54, 1.807) is 36.5 Å². The Hall–Kier alpha value is -2.91. The fraction of sp³-hybridized carbons (Fsp3) is 0.364. The number of morpholine rings is 1. The predicted octanol–water partition coefficient (Wildman–Crippen LogP) is 3.24. The molecule has 2 atom stereocenters. The molecule has 2 unspecified atom stereocenters. The molecule has 2 aromatic heterocycles. The van der Waals surface area contributed by atoms with Crippen molar-refractivity contribution in [3.63, 3.8) is 0 Å². The lowest BCUT2D eigenvalue weighted by atomic mass is 10.1. The standard InChI is InChI=1S/C22H25N3O5S/c1-14-11-25(12-15(2)29-14)20-9-8-16(10-23-20)24-22(26)21-18(13-31(3,27)28)17-6-4-5-7-19(17)30-21/h4-10,14-15H,11-13H2,1-3H3,(H,24,26). The Bertz CT molecular complexity index is 1190. The minimum Gasteiger partial charge on any atom is -0.451 e. The fourth-order valence-corrected chi connectivity index (χ4v) is 4.70. The Morgan fingerprint density at radius 3 is 2.52 bits per heavy atom. The van der Waals surface area contributed by atoms with Crippen LogP contribution in [0.25, 0.3) is 11.0 Å². The highest BCUT2D eigenvalue weighted by atomic mass is 32.2. The Morgan fingerprint density at radius 1 is 1.16 bits per heavy atom. The van der Waals surface area contributed by atoms with Gasteiger partial charge in [-0.25, -0.2) is 13.4 Å². The topological polar surface area (TPSA) is 102 Å². The van der Waals surface area contributed by atoms with Crippen LogP contribution in [0.15, 0.2) is 47.0 Å². The molecule has 1 aliphatic heterocycles. The van der Waals surface area contributed by atoms with Crippen LogP contribution in [0.1, 0.15) is 30.0 Å². The second kappa shape index (κ2) is 8.32. The number of anilines is 2. The maximum Gasteiger partial charge on any atom is 0.291 e. The van der Waals surface area contributed by atoms with E-state index in [0.717, 1.165) is 25.2 Å². The van der Waals surface area contributed by atoms with Crippen molar-refractivity contribution in [2.45, 2.75) is 31.8 Å². The van der Waals surface area contributed by atoms with Crippen molar-refractivity contribution in [1.82, 2.24) is 4.98 Å². The van der Waals surface area contributed by atoms with Crippen molar-refractivity contribution >= 4 is 38.2 Å². The van der Waals surface area contributed by atoms with E-state index in [1.165, 1.54) is 0 Å². The maximum atomic E-state index is 12.9. The highest BCUT2D eigenvalue weighted by Gasteiger charge is 2.25. The molecular weight excluding hydrogens is 418 g/mol. The summed E-state index contributed by atoms with van der Waals surface area (Å²) in [7, 11) is -3.36. The van der Waals surface area contributed by atoms with E-state index in [4.69, 9.17) is 9.15 Å². The van der Waals surface area contributed by atoms with Crippen LogP contribution in [0, 0.1) is 0 Å². The number of amides is 1. The first kappa shape index (κ1) is 21.3. The van der Waals surface area contributed by atoms with E-state index in [-0.39, 0.29) is 23.7 Å². The monoisotopic (exact) mass is 443 g/mol. The van der Waals surface area contributed by atoms with Gasteiger partial charge in [-0.05, 0) is 32.0 Å². The zero-order valence-electron chi connectivity index (χ0n) is 17.7. The van der Waals surface area contributed by atoms with Gasteiger partial charge in [0.05, 0.1) is 29.8 Å². The molecule has 3 heterocycles. The second-order valence-electron chi connectivity index (χ2n) is 8.00. The van der Waals surface area contributed by atoms with Gasteiger partial charge in [-0.15, -0.1) is 0 Å². The van der Waals surface area contributed by atoms with Crippen molar-refractivity contribution in [3.05, 3.63) is 53.9 Å². The maximum absolute atomic E-state index is 12.9. The number of sulfone groups is 1. The molecule has 0 spiro atoms. The molecule has 1 saturated heterocycles. The minimum atomic E-state index is -3.36. The number of para-hydroxylation sites is 1. The summed E-state index contributed by atoms with van der Waals surface area (Å²) in [5, 5.41) is 3.37. The fourth-order valence-electron chi connectivity index (χ4n) is 3.89. The lowest BCUT2D eigenvalue weighted by Gasteiger charge is -2.36. The summed E-state index contributed by atoms with van der Waals surface area (Å²) in [6.45, 7) is 5.55. The first-order valence-electron chi connectivity index (χ1n) is 10.1. The molecule has 1 amide bonds. The number of nitrogens with one attached hydrogen (secondary N) is 1. The van der Waals surface area contributed by atoms with Gasteiger partial charge in [0.2, 0.25) is 0 Å². The van der Waals surface area contributed by atoms with Crippen LogP contribution in [0.2, 0.25) is 0 Å². The molecule has 9 heteroatoms. The van der Waals surface area contributed by atoms with Crippen LogP contribution < -0.4 is 10.2 Å². The number of ether oxygens (including phenoxy) is 1. The number of fused-ring (bicyclic) bond motifs is 1. The number of furan rings is 1. The van der Waals surface area contributed by atoms with Crippen LogP contribution >= 0.6 is 0 Å². The Kier molecular flexibility index (Phi) is 5.72. The number of rotatable bonds is 5. The van der Waals surface area contributed by atoms with Crippen LogP contribution in [0.4, 0.5) is 11.5 Å². The van der Waals surface area contributed by atoms with Gasteiger partial charge >= 0.3 is 0 Å². The lowest BCUT2D eigenvalue weighted by molar-refractivity contribution is -0.00545. The number of pyridine rings is 1. The van der Waals surface area contributed by atoms with Crippen molar-refractivity contribution in [2.75, 3.05) is 29.6 Å². The van der Waals surface area contributed by atoms with Crippen LogP contribution in [-0.4, -0.2) is 50.9 Å². The summed E-state index contributed by atoms with van der Waals surface area (Å²) in [6, 6.07) is 10.6. The molecule has 0 aliphatic carbocycles. The van der Waals surface area contributed by atoms with E-state index in [9.17, 15) is 13.2 Å². The molecule has 31 heavy (non-hydrogen) atoms. The van der Waals surface area contributed by atoms with Gasteiger partial charge in [-0.1, -0.05) is 18.2 Å². The molecular formula is C22H25N3O5S. The summed E-state index contributed by atoms with van der Waals surface area (Å²) in [6.07, 6.45) is 2.95. The largest absolute Gasteiger partial charge is 0.451 e. The van der Waals surface area contributed by atoms with E-state index in [2.05, 4.69) is 15.2 Å². The average Bonchev–Trinajstić information content (AvgIpc) is 3.05. The summed E-state index contributed by atoms with van der Waals surface area (Å²) in [5.74, 6) is 0.00298. The molecule has 4 rings (SSSR count). The average molecular weight is 444 g/mol. The summed E-state index contributed by atoms with van der Waals surface area (Å²) < 4.78 is 35.3. The molecule has 3 aromatic rings. The van der Waals surface area contributed by atoms with Gasteiger partial charge in [-0.3, -0.25) is 4.79 Å². The highest BCUT2D eigenvalue weighted by Crippen LogP contribution is 2.28. The lowest BCUT2D eigenvalue weighted by Crippen LogP contribution is -2.45. The van der Waals surface area contributed by atoms with Crippen LogP contribution in [0.5, 0.6) is 0 Å². The third kappa shape index (κ3) is 4.88. The van der Waals surface area contributed by atoms with E-state index in [0.29, 0.717) is 22.2 Å². The number of benzene rings is 1. The van der Waals surface area contributed by atoms with Crippen LogP contribution in [0.3, 0.4) is 0 Å². The minimum absolute atomic E-state index is 0.00784. The predicted molar refractivity (Wildman–Crippen MR) is 119 cm³/mol. The van der Waals surface area contributed by atoms with Gasteiger partial charge < -0.3 is 19.4 Å². The molecule has 1 aromatic carbocycles. The zero-order valence-corrected chi connectivity index (χ0v) is 18.5. The summed E-state index contributed by atoms with van der Waals surface area (Å²) in [5.41, 5.74) is 1.32. The number of hydrogen-bond acceptors (Lipinski definition) is 7. The number of carbonyl (C=O) groups excluding carboxylic acids is 1. The Labute approximate surface area is 181 Å². The van der Waals surface area contributed by atoms with E-state index >= 15 is 0 Å². The Balaban J connectivity index is 1.56. The number of carbonyl (C=O) groups is 1. The summed E-state index contributed by atoms with van der Waals surface area (Å²) in [4.78, 5) is 19.5. The normalized spacial score (nSPS) is 19.5. The Morgan fingerprint density at radius 2 is 1.87 bits per heavy atom. The van der Waals surface area contributed by atoms with Gasteiger partial charge in [0.1, 0.15) is 11.4 Å². The first-order valence-corrected chi connectivity index (χ1v) is 12.1. The quantitative estimate of drug-likeness (QED) is 0.646. The second-order valence-corrected chi connectivity index (χ2v) is 10.1. The molecule has 164 valence electrons. The molecule has 0 saturated carbocycles. The van der Waals surface area contributed by atoms with Crippen molar-refractivity contribution in [3.8, 4) is 0 Å². The van der Waals surface area contributed by atoms with Gasteiger partial charge in [0, 0.05) is 30.3 Å². The zero-order chi connectivity index (χ0) is 22.2. The molecule has 1 aliphatic rings. The van der Waals surface area contributed by atoms with E-state index in [1.807, 2.05) is 19.9 Å². The number of aromatic nitrogens is 1. The first-order chi connectivity index (χ1) is 14.7. The van der Waals surface area contributed by atoms with Crippen molar-refractivity contribution in [2.24, 2.45) is 0 Å². The molecule has 1 fully saturated rings. The van der Waals surface area contributed by atoms with Gasteiger partial charge in [-0.2, -0.15) is 0 Å². The number of nitrogens with zero attached hydrogens (tertiary/aromatic N) is 2. The molecule has 1 N–H and O–H groups in total. The van der Waals surface area contributed by atoms with Crippen LogP contribution in [-0.2, 0) is 20.3 Å². The smallest absolute Gasteiger partial charge is 0.291 e.